The van der Waals surface area contributed by atoms with Gasteiger partial charge in [-0.15, -0.1) is 0 Å². The van der Waals surface area contributed by atoms with Gasteiger partial charge in [0.2, 0.25) is 0 Å². The van der Waals surface area contributed by atoms with Crippen molar-refractivity contribution in [1.29, 1.82) is 0 Å². The molecule has 96 valence electrons. The molecule has 0 aromatic heterocycles. The molecule has 0 saturated heterocycles. The minimum absolute atomic E-state index is 0.409. The molecular weight excluding hydrogens is 216 g/mol. The average molecular weight is 244 g/mol. The van der Waals surface area contributed by atoms with Gasteiger partial charge in [-0.1, -0.05) is 45.4 Å². The molecule has 0 aromatic rings. The van der Waals surface area contributed by atoms with Crippen LogP contribution in [0, 0.1) is 5.41 Å². The van der Waals surface area contributed by atoms with Crippen LogP contribution in [0.1, 0.15) is 64.7 Å². The fourth-order valence-corrected chi connectivity index (χ4v) is 2.98. The third-order valence-corrected chi connectivity index (χ3v) is 4.47. The van der Waals surface area contributed by atoms with E-state index in [2.05, 4.69) is 19.6 Å². The molecule has 1 rings (SSSR count). The molecule has 1 fully saturated rings. The summed E-state index contributed by atoms with van der Waals surface area (Å²) < 4.78 is 5.87. The summed E-state index contributed by atoms with van der Waals surface area (Å²) in [7, 11) is 0. The van der Waals surface area contributed by atoms with Gasteiger partial charge in [0.05, 0.1) is 6.61 Å². The van der Waals surface area contributed by atoms with Crippen LogP contribution in [0.3, 0.4) is 0 Å². The molecule has 2 heteroatoms. The third kappa shape index (κ3) is 5.09. The summed E-state index contributed by atoms with van der Waals surface area (Å²) in [5, 5.41) is 0. The van der Waals surface area contributed by atoms with Crippen molar-refractivity contribution in [3.05, 3.63) is 0 Å². The van der Waals surface area contributed by atoms with Crippen LogP contribution in [0.4, 0.5) is 0 Å². The SMILES string of the molecule is CCCCCCOCC1(CS)CCCCC1. The number of ether oxygens (including phenoxy) is 1. The van der Waals surface area contributed by atoms with Crippen molar-refractivity contribution in [3.63, 3.8) is 0 Å². The van der Waals surface area contributed by atoms with Gasteiger partial charge in [0.15, 0.2) is 0 Å². The van der Waals surface area contributed by atoms with E-state index in [1.165, 1.54) is 57.8 Å². The molecule has 16 heavy (non-hydrogen) atoms. The summed E-state index contributed by atoms with van der Waals surface area (Å²) in [4.78, 5) is 0. The molecule has 0 radical (unpaired) electrons. The Morgan fingerprint density at radius 1 is 1.06 bits per heavy atom. The van der Waals surface area contributed by atoms with E-state index in [9.17, 15) is 0 Å². The Hall–Kier alpha value is 0.310. The lowest BCUT2D eigenvalue weighted by Crippen LogP contribution is -2.31. The van der Waals surface area contributed by atoms with Crippen LogP contribution in [-0.4, -0.2) is 19.0 Å². The fraction of sp³-hybridized carbons (Fsp3) is 1.00. The van der Waals surface area contributed by atoms with Crippen molar-refractivity contribution in [2.75, 3.05) is 19.0 Å². The molecule has 1 saturated carbocycles. The van der Waals surface area contributed by atoms with Crippen molar-refractivity contribution >= 4 is 12.6 Å². The van der Waals surface area contributed by atoms with Crippen LogP contribution >= 0.6 is 12.6 Å². The van der Waals surface area contributed by atoms with E-state index in [4.69, 9.17) is 4.74 Å². The van der Waals surface area contributed by atoms with Gasteiger partial charge in [-0.2, -0.15) is 12.6 Å². The second-order valence-electron chi connectivity index (χ2n) is 5.33. The maximum atomic E-state index is 5.87. The topological polar surface area (TPSA) is 9.23 Å². The molecule has 0 unspecified atom stereocenters. The lowest BCUT2D eigenvalue weighted by Gasteiger charge is -2.35. The molecule has 0 amide bonds. The number of thiol groups is 1. The average Bonchev–Trinajstić information content (AvgIpc) is 2.35. The van der Waals surface area contributed by atoms with Crippen LogP contribution in [0.15, 0.2) is 0 Å². The van der Waals surface area contributed by atoms with Gasteiger partial charge in [-0.05, 0) is 25.0 Å². The standard InChI is InChI=1S/C14H28OS/c1-2-3-4-8-11-15-12-14(13-16)9-6-5-7-10-14/h16H,2-13H2,1H3. The molecule has 0 spiro atoms. The lowest BCUT2D eigenvalue weighted by molar-refractivity contribution is 0.0327. The molecule has 0 aromatic carbocycles. The van der Waals surface area contributed by atoms with Crippen LogP contribution in [0.5, 0.6) is 0 Å². The summed E-state index contributed by atoms with van der Waals surface area (Å²) in [6.45, 7) is 4.15. The van der Waals surface area contributed by atoms with Crippen LogP contribution in [-0.2, 0) is 4.74 Å². The molecule has 1 aliphatic rings. The first-order chi connectivity index (χ1) is 7.83. The zero-order chi connectivity index (χ0) is 11.7. The van der Waals surface area contributed by atoms with Gasteiger partial charge in [-0.25, -0.2) is 0 Å². The van der Waals surface area contributed by atoms with E-state index >= 15 is 0 Å². The Kier molecular flexibility index (Phi) is 7.55. The van der Waals surface area contributed by atoms with Crippen molar-refractivity contribution in [1.82, 2.24) is 0 Å². The van der Waals surface area contributed by atoms with Crippen LogP contribution < -0.4 is 0 Å². The van der Waals surface area contributed by atoms with E-state index in [0.717, 1.165) is 19.0 Å². The van der Waals surface area contributed by atoms with Gasteiger partial charge in [0, 0.05) is 12.0 Å². The second-order valence-corrected chi connectivity index (χ2v) is 5.65. The highest BCUT2D eigenvalue weighted by Gasteiger charge is 2.30. The normalized spacial score (nSPS) is 19.9. The van der Waals surface area contributed by atoms with E-state index in [1.807, 2.05) is 0 Å². The van der Waals surface area contributed by atoms with Gasteiger partial charge < -0.3 is 4.74 Å². The van der Waals surface area contributed by atoms with E-state index < -0.39 is 0 Å². The predicted octanol–water partition coefficient (Wildman–Crippen LogP) is 4.46. The first kappa shape index (κ1) is 14.4. The molecule has 1 aliphatic carbocycles. The summed E-state index contributed by atoms with van der Waals surface area (Å²) >= 11 is 4.53. The minimum atomic E-state index is 0.409. The highest BCUT2D eigenvalue weighted by atomic mass is 32.1. The highest BCUT2D eigenvalue weighted by Crippen LogP contribution is 2.37. The van der Waals surface area contributed by atoms with Gasteiger partial charge >= 0.3 is 0 Å². The lowest BCUT2D eigenvalue weighted by atomic mass is 9.76. The summed E-state index contributed by atoms with van der Waals surface area (Å²) in [6, 6.07) is 0. The van der Waals surface area contributed by atoms with E-state index in [0.29, 0.717) is 5.41 Å². The number of hydrogen-bond acceptors (Lipinski definition) is 2. The highest BCUT2D eigenvalue weighted by molar-refractivity contribution is 7.80. The van der Waals surface area contributed by atoms with Crippen LogP contribution in [0.2, 0.25) is 0 Å². The zero-order valence-electron chi connectivity index (χ0n) is 10.8. The maximum absolute atomic E-state index is 5.87. The molecule has 0 atom stereocenters. The molecule has 1 nitrogen and oxygen atoms in total. The minimum Gasteiger partial charge on any atom is -0.381 e. The van der Waals surface area contributed by atoms with E-state index in [-0.39, 0.29) is 0 Å². The summed E-state index contributed by atoms with van der Waals surface area (Å²) in [5.74, 6) is 1.00. The summed E-state index contributed by atoms with van der Waals surface area (Å²) in [6.07, 6.45) is 12.0. The zero-order valence-corrected chi connectivity index (χ0v) is 11.7. The number of unbranched alkanes of at least 4 members (excludes halogenated alkanes) is 3. The number of hydrogen-bond donors (Lipinski definition) is 1. The molecule has 0 heterocycles. The number of rotatable bonds is 8. The monoisotopic (exact) mass is 244 g/mol. The van der Waals surface area contributed by atoms with E-state index in [1.54, 1.807) is 0 Å². The molecular formula is C14H28OS. The summed E-state index contributed by atoms with van der Waals surface area (Å²) in [5.41, 5.74) is 0.409. The van der Waals surface area contributed by atoms with Crippen molar-refractivity contribution in [2.24, 2.45) is 5.41 Å². The third-order valence-electron chi connectivity index (χ3n) is 3.80. The quantitative estimate of drug-likeness (QED) is 0.490. The van der Waals surface area contributed by atoms with Gasteiger partial charge in [0.25, 0.3) is 0 Å². The van der Waals surface area contributed by atoms with Gasteiger partial charge in [-0.3, -0.25) is 0 Å². The Morgan fingerprint density at radius 2 is 1.81 bits per heavy atom. The van der Waals surface area contributed by atoms with Crippen molar-refractivity contribution in [2.45, 2.75) is 64.7 Å². The smallest absolute Gasteiger partial charge is 0.0530 e. The molecule has 0 N–H and O–H groups in total. The largest absolute Gasteiger partial charge is 0.381 e. The second kappa shape index (κ2) is 8.41. The van der Waals surface area contributed by atoms with Crippen LogP contribution in [0.25, 0.3) is 0 Å². The Labute approximate surface area is 107 Å². The Bertz CT molecular complexity index is 164. The van der Waals surface area contributed by atoms with Crippen molar-refractivity contribution in [3.8, 4) is 0 Å². The van der Waals surface area contributed by atoms with Crippen molar-refractivity contribution < 1.29 is 4.74 Å². The maximum Gasteiger partial charge on any atom is 0.0530 e. The molecule has 0 bridgehead atoms. The van der Waals surface area contributed by atoms with Gasteiger partial charge in [0.1, 0.15) is 0 Å². The first-order valence-electron chi connectivity index (χ1n) is 7.01. The first-order valence-corrected chi connectivity index (χ1v) is 7.65. The Morgan fingerprint density at radius 3 is 2.44 bits per heavy atom. The Balaban J connectivity index is 2.08. The predicted molar refractivity (Wildman–Crippen MR) is 74.3 cm³/mol. The fourth-order valence-electron chi connectivity index (χ4n) is 2.57. The molecule has 0 aliphatic heterocycles.